The van der Waals surface area contributed by atoms with Crippen LogP contribution in [0.1, 0.15) is 26.5 Å². The highest BCUT2D eigenvalue weighted by Crippen LogP contribution is 2.44. The molecule has 2 aliphatic rings. The van der Waals surface area contributed by atoms with Crippen LogP contribution in [0.25, 0.3) is 0 Å². The second kappa shape index (κ2) is 6.59. The van der Waals surface area contributed by atoms with Crippen molar-refractivity contribution in [3.8, 4) is 17.5 Å². The van der Waals surface area contributed by atoms with E-state index < -0.39 is 14.6 Å². The minimum atomic E-state index is -3.50. The number of hydrogen-bond acceptors (Lipinski definition) is 9. The van der Waals surface area contributed by atoms with E-state index in [2.05, 4.69) is 25.1 Å². The molecular formula is C17H23N5O5S. The number of ether oxygens (including phenoxy) is 3. The fraction of sp³-hybridized carbons (Fsp3) is 0.588. The van der Waals surface area contributed by atoms with Gasteiger partial charge in [-0.2, -0.15) is 15.1 Å². The van der Waals surface area contributed by atoms with E-state index in [0.29, 0.717) is 37.1 Å². The number of fused-ring (bicyclic) bond motifs is 3. The lowest BCUT2D eigenvalue weighted by molar-refractivity contribution is 0.0480. The van der Waals surface area contributed by atoms with Crippen molar-refractivity contribution in [2.45, 2.75) is 37.6 Å². The smallest absolute Gasteiger partial charge is 0.324 e. The second-order valence-electron chi connectivity index (χ2n) is 7.58. The van der Waals surface area contributed by atoms with Crippen molar-refractivity contribution < 1.29 is 22.6 Å². The maximum atomic E-state index is 12.5. The maximum absolute atomic E-state index is 12.5. The first-order chi connectivity index (χ1) is 13.2. The third-order valence-corrected chi connectivity index (χ3v) is 7.26. The van der Waals surface area contributed by atoms with Crippen molar-refractivity contribution in [3.05, 3.63) is 18.1 Å². The van der Waals surface area contributed by atoms with Crippen LogP contribution in [0.2, 0.25) is 0 Å². The third-order valence-electron chi connectivity index (χ3n) is 5.21. The normalized spacial score (nSPS) is 22.2. The number of H-pyrrole nitrogens is 1. The lowest BCUT2D eigenvalue weighted by atomic mass is 10.0. The molecule has 0 aliphatic carbocycles. The zero-order chi connectivity index (χ0) is 20.1. The number of nitrogens with one attached hydrogen (secondary N) is 1. The van der Waals surface area contributed by atoms with E-state index in [4.69, 9.17) is 14.2 Å². The third kappa shape index (κ3) is 3.08. The Kier molecular flexibility index (Phi) is 4.46. The molecule has 1 N–H and O–H groups in total. The predicted octanol–water partition coefficient (Wildman–Crippen LogP) is 1.26. The molecule has 4 rings (SSSR count). The Balaban J connectivity index is 1.89. The van der Waals surface area contributed by atoms with Gasteiger partial charge in [0.15, 0.2) is 27.2 Å². The van der Waals surface area contributed by atoms with Crippen molar-refractivity contribution in [2.24, 2.45) is 0 Å². The molecule has 4 heterocycles. The number of sulfone groups is 1. The number of aromatic amines is 1. The van der Waals surface area contributed by atoms with Crippen molar-refractivity contribution in [1.29, 1.82) is 0 Å². The summed E-state index contributed by atoms with van der Waals surface area (Å²) in [5.41, 5.74) is 0.274. The van der Waals surface area contributed by atoms with Crippen LogP contribution in [0, 0.1) is 0 Å². The van der Waals surface area contributed by atoms with E-state index in [1.807, 2.05) is 6.92 Å². The van der Waals surface area contributed by atoms with Gasteiger partial charge in [0.25, 0.3) is 0 Å². The van der Waals surface area contributed by atoms with Gasteiger partial charge in [-0.1, -0.05) is 0 Å². The molecule has 2 aromatic heterocycles. The molecule has 0 unspecified atom stereocenters. The number of rotatable bonds is 4. The number of morpholine rings is 1. The van der Waals surface area contributed by atoms with Gasteiger partial charge in [0.2, 0.25) is 0 Å². The SMILES string of the molecule is C[C@@H]1COC[C@H]2COc3c(nc(Oc4cn[nH]c4)nc3C(C)(C)S(C)(=O)=O)N21. The van der Waals surface area contributed by atoms with Gasteiger partial charge in [-0.25, -0.2) is 8.42 Å². The highest BCUT2D eigenvalue weighted by molar-refractivity contribution is 7.91. The highest BCUT2D eigenvalue weighted by Gasteiger charge is 2.44. The summed E-state index contributed by atoms with van der Waals surface area (Å²) in [6.45, 7) is 6.66. The number of nitrogens with zero attached hydrogens (tertiary/aromatic N) is 4. The molecular weight excluding hydrogens is 386 g/mol. The molecule has 0 saturated carbocycles. The van der Waals surface area contributed by atoms with Crippen LogP contribution in [0.3, 0.4) is 0 Å². The van der Waals surface area contributed by atoms with Gasteiger partial charge in [0.05, 0.1) is 37.7 Å². The van der Waals surface area contributed by atoms with Crippen LogP contribution in [0.5, 0.6) is 17.5 Å². The van der Waals surface area contributed by atoms with Crippen LogP contribution in [-0.4, -0.2) is 66.7 Å². The summed E-state index contributed by atoms with van der Waals surface area (Å²) in [4.78, 5) is 11.1. The standard InChI is InChI=1S/C17H23N5O5S/c1-10-7-25-8-11-9-26-13-14(17(2,3)28(4,23)24)20-16(21-15(13)22(10)11)27-12-5-18-19-6-12/h5-6,10-11H,7-9H2,1-4H3,(H,18,19)/t10-,11+/m1/s1. The van der Waals surface area contributed by atoms with E-state index in [1.54, 1.807) is 20.0 Å². The van der Waals surface area contributed by atoms with E-state index in [-0.39, 0.29) is 23.8 Å². The van der Waals surface area contributed by atoms with Gasteiger partial charge in [-0.15, -0.1) is 0 Å². The summed E-state index contributed by atoms with van der Waals surface area (Å²) in [6.07, 6.45) is 4.23. The molecule has 0 aromatic carbocycles. The number of anilines is 1. The summed E-state index contributed by atoms with van der Waals surface area (Å²) >= 11 is 0. The zero-order valence-corrected chi connectivity index (χ0v) is 17.0. The molecule has 0 spiro atoms. The van der Waals surface area contributed by atoms with E-state index in [0.717, 1.165) is 0 Å². The fourth-order valence-corrected chi connectivity index (χ4v) is 3.83. The largest absolute Gasteiger partial charge is 0.486 e. The Bertz CT molecular complexity index is 976. The van der Waals surface area contributed by atoms with Gasteiger partial charge in [0.1, 0.15) is 17.0 Å². The van der Waals surface area contributed by atoms with Gasteiger partial charge < -0.3 is 19.1 Å². The average molecular weight is 409 g/mol. The molecule has 2 aliphatic heterocycles. The van der Waals surface area contributed by atoms with Crippen molar-refractivity contribution in [3.63, 3.8) is 0 Å². The Hall–Kier alpha value is -2.40. The van der Waals surface area contributed by atoms with E-state index in [1.165, 1.54) is 12.5 Å². The fourth-order valence-electron chi connectivity index (χ4n) is 3.34. The van der Waals surface area contributed by atoms with Crippen LogP contribution in [0.4, 0.5) is 5.82 Å². The summed E-state index contributed by atoms with van der Waals surface area (Å²) in [5.74, 6) is 1.32. The quantitative estimate of drug-likeness (QED) is 0.795. The molecule has 2 aromatic rings. The van der Waals surface area contributed by atoms with Crippen LogP contribution >= 0.6 is 0 Å². The lowest BCUT2D eigenvalue weighted by Crippen LogP contribution is -2.56. The highest BCUT2D eigenvalue weighted by atomic mass is 32.2. The molecule has 28 heavy (non-hydrogen) atoms. The van der Waals surface area contributed by atoms with Gasteiger partial charge >= 0.3 is 6.01 Å². The Morgan fingerprint density at radius 2 is 2.07 bits per heavy atom. The summed E-state index contributed by atoms with van der Waals surface area (Å²) < 4.78 is 41.0. The number of aromatic nitrogens is 4. The predicted molar refractivity (Wildman–Crippen MR) is 101 cm³/mol. The minimum absolute atomic E-state index is 0.0119. The summed E-state index contributed by atoms with van der Waals surface area (Å²) in [6, 6.07) is 0.0733. The van der Waals surface area contributed by atoms with Crippen molar-refractivity contribution >= 4 is 15.7 Å². The molecule has 1 saturated heterocycles. The van der Waals surface area contributed by atoms with Gasteiger partial charge in [-0.05, 0) is 20.8 Å². The van der Waals surface area contributed by atoms with E-state index >= 15 is 0 Å². The van der Waals surface area contributed by atoms with Gasteiger partial charge in [-0.3, -0.25) is 5.10 Å². The first kappa shape index (κ1) is 18.9. The Morgan fingerprint density at radius 1 is 1.29 bits per heavy atom. The summed E-state index contributed by atoms with van der Waals surface area (Å²) in [5, 5.41) is 6.50. The van der Waals surface area contributed by atoms with E-state index in [9.17, 15) is 8.42 Å². The molecule has 10 nitrogen and oxygen atoms in total. The minimum Gasteiger partial charge on any atom is -0.486 e. The molecule has 1 fully saturated rings. The molecule has 2 atom stereocenters. The Labute approximate surface area is 163 Å². The molecule has 11 heteroatoms. The average Bonchev–Trinajstić information content (AvgIpc) is 3.13. The summed E-state index contributed by atoms with van der Waals surface area (Å²) in [7, 11) is -3.50. The molecule has 0 bridgehead atoms. The molecule has 0 radical (unpaired) electrons. The van der Waals surface area contributed by atoms with Crippen LogP contribution < -0.4 is 14.4 Å². The zero-order valence-electron chi connectivity index (χ0n) is 16.2. The monoisotopic (exact) mass is 409 g/mol. The molecule has 0 amide bonds. The number of hydrogen-bond donors (Lipinski definition) is 1. The van der Waals surface area contributed by atoms with Crippen LogP contribution in [-0.2, 0) is 19.3 Å². The van der Waals surface area contributed by atoms with Gasteiger partial charge in [0, 0.05) is 6.26 Å². The Morgan fingerprint density at radius 3 is 2.75 bits per heavy atom. The van der Waals surface area contributed by atoms with Crippen LogP contribution in [0.15, 0.2) is 12.4 Å². The molecule has 152 valence electrons. The van der Waals surface area contributed by atoms with Crippen molar-refractivity contribution in [2.75, 3.05) is 31.0 Å². The second-order valence-corrected chi connectivity index (χ2v) is 10.1. The van der Waals surface area contributed by atoms with Crippen molar-refractivity contribution in [1.82, 2.24) is 20.2 Å². The first-order valence-corrected chi connectivity index (χ1v) is 10.8. The first-order valence-electron chi connectivity index (χ1n) is 8.96. The maximum Gasteiger partial charge on any atom is 0.324 e. The lowest BCUT2D eigenvalue weighted by Gasteiger charge is -2.45. The topological polar surface area (TPSA) is 120 Å².